The van der Waals surface area contributed by atoms with Crippen LogP contribution in [0, 0.1) is 0 Å². The van der Waals surface area contributed by atoms with Crippen LogP contribution < -0.4 is 0 Å². The van der Waals surface area contributed by atoms with E-state index in [-0.39, 0.29) is 0 Å². The van der Waals surface area contributed by atoms with Crippen LogP contribution >= 0.6 is 0 Å². The summed E-state index contributed by atoms with van der Waals surface area (Å²) in [4.78, 5) is 10.9. The number of hydrogen-bond donors (Lipinski definition) is 0. The van der Waals surface area contributed by atoms with Gasteiger partial charge in [-0.05, 0) is 76.2 Å². The number of fused-ring (bicyclic) bond motifs is 9. The molecule has 0 N–H and O–H groups in total. The van der Waals surface area contributed by atoms with Gasteiger partial charge < -0.3 is 9.13 Å². The minimum absolute atomic E-state index is 0.834. The van der Waals surface area contributed by atoms with Crippen LogP contribution in [-0.2, 0) is 0 Å². The molecule has 0 spiro atoms. The van der Waals surface area contributed by atoms with E-state index in [1.807, 2.05) is 0 Å². The average molecular weight is 815 g/mol. The highest BCUT2D eigenvalue weighted by Gasteiger charge is 2.21. The third-order valence-corrected chi connectivity index (χ3v) is 12.9. The van der Waals surface area contributed by atoms with Crippen LogP contribution in [0.4, 0.5) is 0 Å². The molecule has 13 aromatic rings. The molecule has 0 radical (unpaired) electrons. The first-order valence-corrected chi connectivity index (χ1v) is 21.8. The Morgan fingerprint density at radius 2 is 0.781 bits per heavy atom. The SMILES string of the molecule is c1ccc(-c2ccc(-c3nc4ccc(-n5c6ccccc6c6cc7c8ccc9ccccc9c8n(-c8ccccc8)c7cc65)cc4nc3-c3ccc(-c4ccccc4)cc3)cc2)cc1. The van der Waals surface area contributed by atoms with E-state index in [0.29, 0.717) is 0 Å². The van der Waals surface area contributed by atoms with Gasteiger partial charge in [-0.1, -0.05) is 182 Å². The van der Waals surface area contributed by atoms with Crippen molar-refractivity contribution in [2.45, 2.75) is 0 Å². The van der Waals surface area contributed by atoms with Crippen LogP contribution in [0.3, 0.4) is 0 Å². The summed E-state index contributed by atoms with van der Waals surface area (Å²) in [5.74, 6) is 0. The fourth-order valence-corrected chi connectivity index (χ4v) is 9.85. The number of rotatable bonds is 6. The van der Waals surface area contributed by atoms with Gasteiger partial charge >= 0.3 is 0 Å². The Balaban J connectivity index is 1.03. The van der Waals surface area contributed by atoms with Gasteiger partial charge in [0.15, 0.2) is 0 Å². The van der Waals surface area contributed by atoms with Crippen molar-refractivity contribution >= 4 is 65.4 Å². The molecule has 0 fully saturated rings. The van der Waals surface area contributed by atoms with E-state index in [1.165, 1.54) is 54.5 Å². The smallest absolute Gasteiger partial charge is 0.0973 e. The molecular formula is C60H38N4. The van der Waals surface area contributed by atoms with E-state index >= 15 is 0 Å². The van der Waals surface area contributed by atoms with Crippen molar-refractivity contribution in [1.29, 1.82) is 0 Å². The van der Waals surface area contributed by atoms with Crippen molar-refractivity contribution in [3.63, 3.8) is 0 Å². The topological polar surface area (TPSA) is 35.6 Å². The highest BCUT2D eigenvalue weighted by Crippen LogP contribution is 2.42. The molecule has 0 aliphatic heterocycles. The van der Waals surface area contributed by atoms with Crippen molar-refractivity contribution in [2.75, 3.05) is 0 Å². The number of hydrogen-bond acceptors (Lipinski definition) is 2. The summed E-state index contributed by atoms with van der Waals surface area (Å²) >= 11 is 0. The van der Waals surface area contributed by atoms with Crippen LogP contribution in [0.25, 0.3) is 122 Å². The third-order valence-electron chi connectivity index (χ3n) is 12.9. The zero-order chi connectivity index (χ0) is 42.1. The predicted molar refractivity (Wildman–Crippen MR) is 267 cm³/mol. The molecule has 0 atom stereocenters. The third kappa shape index (κ3) is 5.77. The Bertz CT molecular complexity index is 3910. The van der Waals surface area contributed by atoms with Crippen molar-refractivity contribution in [2.24, 2.45) is 0 Å². The quantitative estimate of drug-likeness (QED) is 0.168. The molecule has 3 aromatic heterocycles. The normalized spacial score (nSPS) is 11.8. The molecular weight excluding hydrogens is 777 g/mol. The van der Waals surface area contributed by atoms with Crippen molar-refractivity contribution in [1.82, 2.24) is 19.1 Å². The molecule has 3 heterocycles. The highest BCUT2D eigenvalue weighted by molar-refractivity contribution is 6.23. The lowest BCUT2D eigenvalue weighted by Gasteiger charge is -2.14. The van der Waals surface area contributed by atoms with E-state index in [4.69, 9.17) is 9.97 Å². The minimum Gasteiger partial charge on any atom is -0.309 e. The molecule has 298 valence electrons. The Hall–Kier alpha value is -8.60. The molecule has 13 rings (SSSR count). The second kappa shape index (κ2) is 14.5. The van der Waals surface area contributed by atoms with E-state index in [0.717, 1.165) is 67.1 Å². The lowest BCUT2D eigenvalue weighted by Crippen LogP contribution is -1.99. The average Bonchev–Trinajstić information content (AvgIpc) is 3.88. The maximum atomic E-state index is 5.52. The lowest BCUT2D eigenvalue weighted by molar-refractivity contribution is 1.17. The fourth-order valence-electron chi connectivity index (χ4n) is 9.85. The summed E-state index contributed by atoms with van der Waals surface area (Å²) in [6, 6.07) is 82.6. The number of aromatic nitrogens is 4. The van der Waals surface area contributed by atoms with E-state index < -0.39 is 0 Å². The molecule has 0 aliphatic carbocycles. The molecule has 4 nitrogen and oxygen atoms in total. The number of para-hydroxylation sites is 2. The lowest BCUT2D eigenvalue weighted by atomic mass is 9.98. The molecule has 4 heteroatoms. The molecule has 0 amide bonds. The molecule has 0 aliphatic rings. The summed E-state index contributed by atoms with van der Waals surface area (Å²) in [6.45, 7) is 0. The first-order chi connectivity index (χ1) is 31.7. The molecule has 0 unspecified atom stereocenters. The Labute approximate surface area is 369 Å². The monoisotopic (exact) mass is 814 g/mol. The van der Waals surface area contributed by atoms with E-state index in [9.17, 15) is 0 Å². The summed E-state index contributed by atoms with van der Waals surface area (Å²) in [7, 11) is 0. The minimum atomic E-state index is 0.834. The van der Waals surface area contributed by atoms with Crippen LogP contribution in [-0.4, -0.2) is 19.1 Å². The van der Waals surface area contributed by atoms with Crippen LogP contribution in [0.5, 0.6) is 0 Å². The van der Waals surface area contributed by atoms with Gasteiger partial charge in [-0.25, -0.2) is 9.97 Å². The maximum Gasteiger partial charge on any atom is 0.0973 e. The Morgan fingerprint density at radius 1 is 0.266 bits per heavy atom. The first-order valence-electron chi connectivity index (χ1n) is 21.8. The van der Waals surface area contributed by atoms with Crippen molar-refractivity contribution in [3.05, 3.63) is 231 Å². The van der Waals surface area contributed by atoms with Gasteiger partial charge in [-0.3, -0.25) is 0 Å². The molecule has 0 saturated carbocycles. The standard InChI is InChI=1S/C60H38N4/c1-4-14-39(15-5-1)41-24-28-44(29-25-41)58-59(45-30-26-42(27-31-45)40-16-6-2-7-17-40)62-54-36-47(33-35-53(54)61-58)63-55-23-13-12-22-49(55)51-37-52-50-34-32-43-18-10-11-21-48(43)60(50)64(57(52)38-56(51)63)46-19-8-3-9-20-46/h1-38H. The summed E-state index contributed by atoms with van der Waals surface area (Å²) in [5, 5.41) is 7.36. The van der Waals surface area contributed by atoms with Crippen molar-refractivity contribution in [3.8, 4) is 56.1 Å². The fraction of sp³-hybridized carbons (Fsp3) is 0. The van der Waals surface area contributed by atoms with Crippen molar-refractivity contribution < 1.29 is 0 Å². The Kier molecular flexibility index (Phi) is 8.18. The zero-order valence-corrected chi connectivity index (χ0v) is 34.7. The van der Waals surface area contributed by atoms with E-state index in [1.54, 1.807) is 0 Å². The van der Waals surface area contributed by atoms with Gasteiger partial charge in [-0.15, -0.1) is 0 Å². The van der Waals surface area contributed by atoms with Gasteiger partial charge in [0.05, 0.1) is 44.5 Å². The summed E-state index contributed by atoms with van der Waals surface area (Å²) in [6.07, 6.45) is 0. The Morgan fingerprint density at radius 3 is 1.45 bits per heavy atom. The molecule has 10 aromatic carbocycles. The van der Waals surface area contributed by atoms with Gasteiger partial charge in [0.25, 0.3) is 0 Å². The second-order valence-corrected chi connectivity index (χ2v) is 16.6. The highest BCUT2D eigenvalue weighted by atomic mass is 15.0. The van der Waals surface area contributed by atoms with Gasteiger partial charge in [0.2, 0.25) is 0 Å². The first kappa shape index (κ1) is 36.1. The summed E-state index contributed by atoms with van der Waals surface area (Å²) in [5.41, 5.74) is 16.9. The molecule has 64 heavy (non-hydrogen) atoms. The van der Waals surface area contributed by atoms with Crippen LogP contribution in [0.1, 0.15) is 0 Å². The number of nitrogens with zero attached hydrogens (tertiary/aromatic N) is 4. The predicted octanol–water partition coefficient (Wildman–Crippen LogP) is 15.6. The van der Waals surface area contributed by atoms with Gasteiger partial charge in [-0.2, -0.15) is 0 Å². The maximum absolute atomic E-state index is 5.52. The number of benzene rings is 10. The largest absolute Gasteiger partial charge is 0.309 e. The van der Waals surface area contributed by atoms with Crippen LogP contribution in [0.15, 0.2) is 231 Å². The van der Waals surface area contributed by atoms with Gasteiger partial charge in [0.1, 0.15) is 0 Å². The molecule has 0 bridgehead atoms. The molecule has 0 saturated heterocycles. The zero-order valence-electron chi connectivity index (χ0n) is 34.7. The summed E-state index contributed by atoms with van der Waals surface area (Å²) < 4.78 is 4.85. The second-order valence-electron chi connectivity index (χ2n) is 16.6. The van der Waals surface area contributed by atoms with Crippen LogP contribution in [0.2, 0.25) is 0 Å². The van der Waals surface area contributed by atoms with Gasteiger partial charge in [0, 0.05) is 49.4 Å². The van der Waals surface area contributed by atoms with E-state index in [2.05, 4.69) is 240 Å².